The minimum absolute atomic E-state index is 0.105. The van der Waals surface area contributed by atoms with Gasteiger partial charge in [-0.05, 0) is 24.0 Å². The van der Waals surface area contributed by atoms with Gasteiger partial charge in [-0.3, -0.25) is 4.79 Å². The third kappa shape index (κ3) is 4.15. The second-order valence-corrected chi connectivity index (χ2v) is 5.23. The van der Waals surface area contributed by atoms with E-state index in [1.165, 1.54) is 11.1 Å². The molecule has 3 heteroatoms. The van der Waals surface area contributed by atoms with Crippen molar-refractivity contribution in [3.8, 4) is 0 Å². The van der Waals surface area contributed by atoms with Crippen molar-refractivity contribution in [3.63, 3.8) is 0 Å². The summed E-state index contributed by atoms with van der Waals surface area (Å²) < 4.78 is 0. The highest BCUT2D eigenvalue weighted by atomic mass is 16.2. The highest BCUT2D eigenvalue weighted by molar-refractivity contribution is 5.80. The van der Waals surface area contributed by atoms with Gasteiger partial charge in [0.1, 0.15) is 0 Å². The third-order valence-electron chi connectivity index (χ3n) is 3.07. The molecule has 0 aliphatic heterocycles. The number of benzene rings is 1. The first-order valence-corrected chi connectivity index (χ1v) is 6.45. The van der Waals surface area contributed by atoms with E-state index >= 15 is 0 Å². The monoisotopic (exact) mass is 248 g/mol. The highest BCUT2D eigenvalue weighted by Gasteiger charge is 2.13. The van der Waals surface area contributed by atoms with E-state index in [-0.39, 0.29) is 11.9 Å². The topological polar surface area (TPSA) is 32.3 Å². The molecule has 1 amide bonds. The summed E-state index contributed by atoms with van der Waals surface area (Å²) in [5.41, 5.74) is 2.55. The predicted octanol–water partition coefficient (Wildman–Crippen LogP) is 2.38. The average Bonchev–Trinajstić information content (AvgIpc) is 2.35. The maximum Gasteiger partial charge on any atom is 0.238 e. The SMILES string of the molecule is CC(NCc1ccc(C(C)C)cc1)C(=O)N(C)C. The molecule has 0 aliphatic rings. The lowest BCUT2D eigenvalue weighted by atomic mass is 10.0. The molecule has 1 rings (SSSR count). The van der Waals surface area contributed by atoms with Crippen LogP contribution < -0.4 is 5.32 Å². The second kappa shape index (κ2) is 6.55. The number of carbonyl (C=O) groups is 1. The van der Waals surface area contributed by atoms with Crippen molar-refractivity contribution in [3.05, 3.63) is 35.4 Å². The fraction of sp³-hybridized carbons (Fsp3) is 0.533. The van der Waals surface area contributed by atoms with Gasteiger partial charge >= 0.3 is 0 Å². The molecule has 1 atom stereocenters. The number of nitrogens with one attached hydrogen (secondary N) is 1. The number of nitrogens with zero attached hydrogens (tertiary/aromatic N) is 1. The summed E-state index contributed by atoms with van der Waals surface area (Å²) in [6.45, 7) is 6.99. The van der Waals surface area contributed by atoms with Gasteiger partial charge in [-0.1, -0.05) is 38.1 Å². The molecule has 0 saturated heterocycles. The summed E-state index contributed by atoms with van der Waals surface area (Å²) in [7, 11) is 3.55. The first kappa shape index (κ1) is 14.7. The van der Waals surface area contributed by atoms with Gasteiger partial charge in [0.25, 0.3) is 0 Å². The van der Waals surface area contributed by atoms with Crippen LogP contribution in [0.2, 0.25) is 0 Å². The van der Waals surface area contributed by atoms with Crippen LogP contribution in [0, 0.1) is 0 Å². The number of hydrogen-bond donors (Lipinski definition) is 1. The standard InChI is InChI=1S/C15H24N2O/c1-11(2)14-8-6-13(7-9-14)10-16-12(3)15(18)17(4)5/h6-9,11-12,16H,10H2,1-5H3. The van der Waals surface area contributed by atoms with Crippen LogP contribution in [-0.4, -0.2) is 30.9 Å². The number of rotatable bonds is 5. The van der Waals surface area contributed by atoms with Crippen molar-refractivity contribution in [2.24, 2.45) is 0 Å². The normalized spacial score (nSPS) is 12.6. The molecule has 0 fully saturated rings. The zero-order chi connectivity index (χ0) is 13.7. The zero-order valence-corrected chi connectivity index (χ0v) is 12.0. The van der Waals surface area contributed by atoms with Gasteiger partial charge in [-0.25, -0.2) is 0 Å². The Bertz CT molecular complexity index is 382. The molecule has 0 heterocycles. The molecular weight excluding hydrogens is 224 g/mol. The Balaban J connectivity index is 2.51. The number of likely N-dealkylation sites (N-methyl/N-ethyl adjacent to an activating group) is 1. The summed E-state index contributed by atoms with van der Waals surface area (Å²) in [4.78, 5) is 13.3. The third-order valence-corrected chi connectivity index (χ3v) is 3.07. The molecule has 0 saturated carbocycles. The van der Waals surface area contributed by atoms with E-state index in [4.69, 9.17) is 0 Å². The maximum atomic E-state index is 11.7. The van der Waals surface area contributed by atoms with Gasteiger partial charge in [-0.15, -0.1) is 0 Å². The second-order valence-electron chi connectivity index (χ2n) is 5.23. The molecule has 1 N–H and O–H groups in total. The van der Waals surface area contributed by atoms with Gasteiger partial charge in [0, 0.05) is 20.6 Å². The van der Waals surface area contributed by atoms with Crippen molar-refractivity contribution in [1.29, 1.82) is 0 Å². The average molecular weight is 248 g/mol. The van der Waals surface area contributed by atoms with E-state index in [9.17, 15) is 4.79 Å². The Labute approximate surface area is 110 Å². The Hall–Kier alpha value is -1.35. The fourth-order valence-corrected chi connectivity index (χ4v) is 1.77. The molecule has 18 heavy (non-hydrogen) atoms. The van der Waals surface area contributed by atoms with Gasteiger partial charge < -0.3 is 10.2 Å². The van der Waals surface area contributed by atoms with E-state index in [1.807, 2.05) is 6.92 Å². The molecule has 0 radical (unpaired) electrons. The summed E-state index contributed by atoms with van der Waals surface area (Å²) in [5, 5.41) is 3.24. The van der Waals surface area contributed by atoms with Crippen LogP contribution in [0.25, 0.3) is 0 Å². The fourth-order valence-electron chi connectivity index (χ4n) is 1.77. The lowest BCUT2D eigenvalue weighted by molar-refractivity contribution is -0.130. The van der Waals surface area contributed by atoms with Crippen molar-refractivity contribution in [1.82, 2.24) is 10.2 Å². The maximum absolute atomic E-state index is 11.7. The predicted molar refractivity (Wildman–Crippen MR) is 75.5 cm³/mol. The van der Waals surface area contributed by atoms with E-state index in [1.54, 1.807) is 19.0 Å². The lowest BCUT2D eigenvalue weighted by Gasteiger charge is -2.18. The summed E-state index contributed by atoms with van der Waals surface area (Å²) in [6, 6.07) is 8.40. The molecule has 1 aromatic carbocycles. The summed E-state index contributed by atoms with van der Waals surface area (Å²) in [6.07, 6.45) is 0. The highest BCUT2D eigenvalue weighted by Crippen LogP contribution is 2.14. The molecule has 1 unspecified atom stereocenters. The molecule has 0 bridgehead atoms. The minimum Gasteiger partial charge on any atom is -0.347 e. The molecule has 100 valence electrons. The van der Waals surface area contributed by atoms with E-state index < -0.39 is 0 Å². The first-order chi connectivity index (χ1) is 8.41. The first-order valence-electron chi connectivity index (χ1n) is 6.45. The Morgan fingerprint density at radius 2 is 1.72 bits per heavy atom. The van der Waals surface area contributed by atoms with Crippen LogP contribution in [0.15, 0.2) is 24.3 Å². The smallest absolute Gasteiger partial charge is 0.238 e. The van der Waals surface area contributed by atoms with Crippen molar-refractivity contribution in [2.75, 3.05) is 14.1 Å². The zero-order valence-electron chi connectivity index (χ0n) is 12.0. The van der Waals surface area contributed by atoms with Gasteiger partial charge in [0.05, 0.1) is 6.04 Å². The van der Waals surface area contributed by atoms with E-state index in [2.05, 4.69) is 43.4 Å². The molecule has 1 aromatic rings. The quantitative estimate of drug-likeness (QED) is 0.867. The van der Waals surface area contributed by atoms with Crippen molar-refractivity contribution < 1.29 is 4.79 Å². The summed E-state index contributed by atoms with van der Waals surface area (Å²) in [5.74, 6) is 0.662. The molecule has 0 spiro atoms. The van der Waals surface area contributed by atoms with Gasteiger partial charge in [0.15, 0.2) is 0 Å². The molecule has 3 nitrogen and oxygen atoms in total. The van der Waals surface area contributed by atoms with Crippen molar-refractivity contribution >= 4 is 5.91 Å². The van der Waals surface area contributed by atoms with Crippen LogP contribution in [0.3, 0.4) is 0 Å². The number of hydrogen-bond acceptors (Lipinski definition) is 2. The lowest BCUT2D eigenvalue weighted by Crippen LogP contribution is -2.41. The van der Waals surface area contributed by atoms with E-state index in [0.717, 1.165) is 6.54 Å². The van der Waals surface area contributed by atoms with Crippen LogP contribution >= 0.6 is 0 Å². The summed E-state index contributed by atoms with van der Waals surface area (Å²) >= 11 is 0. The van der Waals surface area contributed by atoms with Crippen LogP contribution in [-0.2, 0) is 11.3 Å². The minimum atomic E-state index is -0.148. The van der Waals surface area contributed by atoms with Crippen LogP contribution in [0.5, 0.6) is 0 Å². The van der Waals surface area contributed by atoms with Gasteiger partial charge in [0.2, 0.25) is 5.91 Å². The molecule has 0 aliphatic carbocycles. The molecular formula is C15H24N2O. The number of carbonyl (C=O) groups excluding carboxylic acids is 1. The number of amides is 1. The molecule has 0 aromatic heterocycles. The van der Waals surface area contributed by atoms with Gasteiger partial charge in [-0.2, -0.15) is 0 Å². The Morgan fingerprint density at radius 1 is 1.17 bits per heavy atom. The van der Waals surface area contributed by atoms with E-state index in [0.29, 0.717) is 5.92 Å². The largest absolute Gasteiger partial charge is 0.347 e. The van der Waals surface area contributed by atoms with Crippen LogP contribution in [0.4, 0.5) is 0 Å². The Morgan fingerprint density at radius 3 is 2.17 bits per heavy atom. The van der Waals surface area contributed by atoms with Crippen LogP contribution in [0.1, 0.15) is 37.8 Å². The Kier molecular flexibility index (Phi) is 5.35. The van der Waals surface area contributed by atoms with Crippen molar-refractivity contribution in [2.45, 2.75) is 39.3 Å².